The van der Waals surface area contributed by atoms with Crippen LogP contribution in [-0.2, 0) is 21.3 Å². The highest BCUT2D eigenvalue weighted by Gasteiger charge is 2.44. The van der Waals surface area contributed by atoms with Gasteiger partial charge in [0.15, 0.2) is 7.05 Å². The molecule has 0 saturated carbocycles. The Morgan fingerprint density at radius 2 is 2.27 bits per heavy atom. The van der Waals surface area contributed by atoms with Crippen molar-refractivity contribution in [1.29, 1.82) is 5.26 Å². The van der Waals surface area contributed by atoms with Crippen molar-refractivity contribution in [2.75, 3.05) is 6.61 Å². The summed E-state index contributed by atoms with van der Waals surface area (Å²) in [5, 5.41) is 11.7. The van der Waals surface area contributed by atoms with Gasteiger partial charge in [-0.25, -0.2) is 9.59 Å². The van der Waals surface area contributed by atoms with Crippen molar-refractivity contribution in [1.82, 2.24) is 5.27 Å². The first kappa shape index (κ1) is 15.4. The molecule has 22 heavy (non-hydrogen) atoms. The lowest BCUT2D eigenvalue weighted by Gasteiger charge is -2.23. The Bertz CT molecular complexity index is 777. The maximum atomic E-state index is 12.2. The number of rotatable bonds is 3. The maximum absolute atomic E-state index is 12.2. The molecule has 1 aromatic rings. The van der Waals surface area contributed by atoms with Crippen molar-refractivity contribution < 1.29 is 23.5 Å². The number of carbonyl (C=O) groups is 1. The van der Waals surface area contributed by atoms with E-state index >= 15 is 0 Å². The molecule has 1 atom stereocenters. The molecule has 1 aliphatic heterocycles. The van der Waals surface area contributed by atoms with Crippen molar-refractivity contribution in [3.8, 4) is 6.07 Å². The number of nitrogens with two attached hydrogens (primary N) is 1. The second-order valence-corrected chi connectivity index (χ2v) is 4.54. The monoisotopic (exact) mass is 307 g/mol. The lowest BCUT2D eigenvalue weighted by atomic mass is 9.86. The Balaban J connectivity index is 2.70. The first-order chi connectivity index (χ1) is 10.4. The molecule has 0 aromatic carbocycles. The third-order valence-electron chi connectivity index (χ3n) is 3.22. The van der Waals surface area contributed by atoms with E-state index < -0.39 is 17.5 Å². The molecule has 0 radical (unpaired) electrons. The van der Waals surface area contributed by atoms with Gasteiger partial charge in [-0.05, 0) is 19.1 Å². The van der Waals surface area contributed by atoms with Gasteiger partial charge in [0, 0.05) is 0 Å². The summed E-state index contributed by atoms with van der Waals surface area (Å²) < 4.78 is 16.2. The molecule has 3 N–H and O–H groups in total. The third kappa shape index (κ3) is 2.35. The first-order valence-electron chi connectivity index (χ1n) is 6.45. The van der Waals surface area contributed by atoms with Gasteiger partial charge in [-0.3, -0.25) is 4.52 Å². The number of hydrogen-bond donors (Lipinski definition) is 2. The van der Waals surface area contributed by atoms with Gasteiger partial charge >= 0.3 is 17.3 Å². The van der Waals surface area contributed by atoms with Crippen LogP contribution >= 0.6 is 0 Å². The maximum Gasteiger partial charge on any atom is 0.431 e. The van der Waals surface area contributed by atoms with Crippen molar-refractivity contribution in [2.24, 2.45) is 12.8 Å². The largest absolute Gasteiger partial charge is 0.463 e. The number of aryl methyl sites for hydroxylation is 1. The zero-order valence-corrected chi connectivity index (χ0v) is 12.3. The van der Waals surface area contributed by atoms with Gasteiger partial charge in [0.25, 0.3) is 0 Å². The van der Waals surface area contributed by atoms with Crippen LogP contribution < -0.4 is 16.0 Å². The van der Waals surface area contributed by atoms with Crippen molar-refractivity contribution in [3.63, 3.8) is 0 Å². The van der Waals surface area contributed by atoms with Gasteiger partial charge < -0.3 is 15.2 Å². The smallest absolute Gasteiger partial charge is 0.431 e. The number of allylic oxidation sites excluding steroid dienone is 2. The van der Waals surface area contributed by atoms with E-state index in [-0.39, 0.29) is 35.1 Å². The molecule has 2 heterocycles. The molecule has 1 unspecified atom stereocenters. The van der Waals surface area contributed by atoms with Crippen LogP contribution in [0.15, 0.2) is 32.1 Å². The summed E-state index contributed by atoms with van der Waals surface area (Å²) >= 11 is 0. The van der Waals surface area contributed by atoms with Gasteiger partial charge in [-0.1, -0.05) is 4.68 Å². The Morgan fingerprint density at radius 3 is 2.77 bits per heavy atom. The third-order valence-corrected chi connectivity index (χ3v) is 3.22. The number of esters is 1. The van der Waals surface area contributed by atoms with Gasteiger partial charge in [0.1, 0.15) is 23.3 Å². The van der Waals surface area contributed by atoms with Crippen LogP contribution in [0.4, 0.5) is 0 Å². The molecule has 0 amide bonds. The van der Waals surface area contributed by atoms with E-state index in [1.165, 1.54) is 18.7 Å². The molecule has 0 spiro atoms. The number of aromatic amines is 1. The average molecular weight is 307 g/mol. The van der Waals surface area contributed by atoms with Gasteiger partial charge in [-0.15, -0.1) is 0 Å². The summed E-state index contributed by atoms with van der Waals surface area (Å²) in [6.07, 6.45) is 0. The normalized spacial score (nSPS) is 18.0. The standard InChI is InChI=1S/C13H14N4O5/c1-4-20-12(18)8-6(2)21-11(15)7(5-14)9(8)10-13(19)22-16-17(10)3/h9H,4,15H2,1-3H3/p+1. The average Bonchev–Trinajstić information content (AvgIpc) is 2.77. The molecular weight excluding hydrogens is 292 g/mol. The fourth-order valence-corrected chi connectivity index (χ4v) is 2.29. The van der Waals surface area contributed by atoms with E-state index in [0.717, 1.165) is 0 Å². The summed E-state index contributed by atoms with van der Waals surface area (Å²) in [5.74, 6) is -1.71. The molecular formula is C13H15N4O5+. The van der Waals surface area contributed by atoms with Crippen LogP contribution in [0, 0.1) is 11.3 Å². The molecule has 0 bridgehead atoms. The molecule has 0 fully saturated rings. The summed E-state index contributed by atoms with van der Waals surface area (Å²) in [6.45, 7) is 3.29. The highest BCUT2D eigenvalue weighted by atomic mass is 16.5. The lowest BCUT2D eigenvalue weighted by Crippen LogP contribution is -2.41. The minimum atomic E-state index is -1.02. The van der Waals surface area contributed by atoms with Crippen molar-refractivity contribution in [3.05, 3.63) is 38.9 Å². The fraction of sp³-hybridized carbons (Fsp3) is 0.385. The van der Waals surface area contributed by atoms with Gasteiger partial charge in [-0.2, -0.15) is 5.26 Å². The van der Waals surface area contributed by atoms with E-state index in [2.05, 4.69) is 5.27 Å². The zero-order valence-electron chi connectivity index (χ0n) is 12.3. The number of aromatic nitrogens is 2. The Morgan fingerprint density at radius 1 is 1.59 bits per heavy atom. The van der Waals surface area contributed by atoms with E-state index in [1.54, 1.807) is 6.92 Å². The van der Waals surface area contributed by atoms with Crippen molar-refractivity contribution >= 4 is 5.97 Å². The second kappa shape index (κ2) is 5.77. The fourth-order valence-electron chi connectivity index (χ4n) is 2.29. The van der Waals surface area contributed by atoms with E-state index in [1.807, 2.05) is 6.07 Å². The van der Waals surface area contributed by atoms with E-state index in [4.69, 9.17) is 19.7 Å². The minimum Gasteiger partial charge on any atom is -0.463 e. The number of H-pyrrole nitrogens is 1. The van der Waals surface area contributed by atoms with Crippen LogP contribution in [0.2, 0.25) is 0 Å². The molecule has 0 aliphatic carbocycles. The molecule has 2 rings (SSSR count). The Labute approximate surface area is 125 Å². The SMILES string of the molecule is CCOC(=O)C1=C(C)OC(N)=C(C#N)C1c1c(=O)o[nH][n+]1C. The van der Waals surface area contributed by atoms with Gasteiger partial charge in [0.2, 0.25) is 5.88 Å². The highest BCUT2D eigenvalue weighted by molar-refractivity contribution is 5.92. The second-order valence-electron chi connectivity index (χ2n) is 4.54. The number of nitrogens with one attached hydrogen (secondary N) is 1. The summed E-state index contributed by atoms with van der Waals surface area (Å²) in [4.78, 5) is 24.2. The van der Waals surface area contributed by atoms with E-state index in [9.17, 15) is 14.9 Å². The number of hydrogen-bond acceptors (Lipinski definition) is 7. The zero-order chi connectivity index (χ0) is 16.4. The van der Waals surface area contributed by atoms with Crippen LogP contribution in [0.25, 0.3) is 0 Å². The topological polar surface area (TPSA) is 135 Å². The van der Waals surface area contributed by atoms with Crippen LogP contribution in [0.3, 0.4) is 0 Å². The molecule has 1 aliphatic rings. The Hall–Kier alpha value is -3.02. The number of ether oxygens (including phenoxy) is 2. The Kier molecular flexibility index (Phi) is 4.03. The predicted octanol–water partition coefficient (Wildman–Crippen LogP) is -0.563. The highest BCUT2D eigenvalue weighted by Crippen LogP contribution is 2.37. The summed E-state index contributed by atoms with van der Waals surface area (Å²) in [7, 11) is 1.51. The number of carbonyl (C=O) groups excluding carboxylic acids is 1. The first-order valence-corrected chi connectivity index (χ1v) is 6.45. The molecule has 0 saturated heterocycles. The molecule has 116 valence electrons. The quantitative estimate of drug-likeness (QED) is 0.564. The predicted molar refractivity (Wildman–Crippen MR) is 70.5 cm³/mol. The summed E-state index contributed by atoms with van der Waals surface area (Å²) in [5.41, 5.74) is 5.02. The van der Waals surface area contributed by atoms with Crippen LogP contribution in [-0.4, -0.2) is 17.8 Å². The van der Waals surface area contributed by atoms with Crippen molar-refractivity contribution in [2.45, 2.75) is 19.8 Å². The van der Waals surface area contributed by atoms with Gasteiger partial charge in [0.05, 0.1) is 12.2 Å². The molecule has 9 nitrogen and oxygen atoms in total. The van der Waals surface area contributed by atoms with E-state index in [0.29, 0.717) is 0 Å². The van der Waals surface area contributed by atoms with Crippen LogP contribution in [0.1, 0.15) is 25.5 Å². The molecule has 1 aromatic heterocycles. The summed E-state index contributed by atoms with van der Waals surface area (Å²) in [6, 6.07) is 1.87. The number of nitriles is 1. The molecule has 9 heteroatoms. The lowest BCUT2D eigenvalue weighted by molar-refractivity contribution is -0.746. The number of nitrogens with zero attached hydrogens (tertiary/aromatic N) is 2. The van der Waals surface area contributed by atoms with Crippen LogP contribution in [0.5, 0.6) is 0 Å². The minimum absolute atomic E-state index is 0.0371.